The van der Waals surface area contributed by atoms with E-state index in [4.69, 9.17) is 0 Å². The predicted octanol–water partition coefficient (Wildman–Crippen LogP) is 3.25. The van der Waals surface area contributed by atoms with Crippen LogP contribution in [0.4, 0.5) is 0 Å². The Morgan fingerprint density at radius 1 is 1.15 bits per heavy atom. The third kappa shape index (κ3) is 4.06. The smallest absolute Gasteiger partial charge is 0.255 e. The fraction of sp³-hybridized carbons (Fsp3) is 0.562. The number of benzene rings is 1. The second kappa shape index (κ2) is 6.27. The summed E-state index contributed by atoms with van der Waals surface area (Å²) in [5.41, 5.74) is 1.08. The fourth-order valence-corrected chi connectivity index (χ4v) is 3.04. The van der Waals surface area contributed by atoms with Gasteiger partial charge in [0.1, 0.15) is 0 Å². The molecular weight excluding hydrogens is 316 g/mol. The molecule has 1 fully saturated rings. The van der Waals surface area contributed by atoms with Crippen LogP contribution in [0.2, 0.25) is 0 Å². The number of hydrogen-bond acceptors (Lipinski definition) is 2. The maximum atomic E-state index is 12.5. The van der Waals surface area contributed by atoms with E-state index in [0.29, 0.717) is 5.41 Å². The highest BCUT2D eigenvalue weighted by Crippen LogP contribution is 2.20. The first-order valence-corrected chi connectivity index (χ1v) is 7.92. The Balaban J connectivity index is 1.94. The first-order valence-electron chi connectivity index (χ1n) is 7.13. The van der Waals surface area contributed by atoms with Crippen LogP contribution in [0.3, 0.4) is 0 Å². The average Bonchev–Trinajstić information content (AvgIpc) is 2.37. The molecule has 0 spiro atoms. The summed E-state index contributed by atoms with van der Waals surface area (Å²) in [6.45, 7) is 11.4. The molecule has 110 valence electrons. The normalized spacial score (nSPS) is 17.3. The highest BCUT2D eigenvalue weighted by Gasteiger charge is 2.25. The molecule has 0 N–H and O–H groups in total. The van der Waals surface area contributed by atoms with Crippen LogP contribution in [0.5, 0.6) is 0 Å². The fourth-order valence-electron chi connectivity index (χ4n) is 2.58. The highest BCUT2D eigenvalue weighted by molar-refractivity contribution is 9.10. The monoisotopic (exact) mass is 338 g/mol. The molecule has 0 saturated carbocycles. The number of carbonyl (C=O) groups excluding carboxylic acids is 1. The van der Waals surface area contributed by atoms with Gasteiger partial charge in [-0.05, 0) is 33.5 Å². The van der Waals surface area contributed by atoms with Crippen LogP contribution < -0.4 is 0 Å². The Morgan fingerprint density at radius 2 is 1.75 bits per heavy atom. The second-order valence-corrected chi connectivity index (χ2v) is 7.46. The standard InChI is InChI=1S/C16H23BrN2O/c1-16(2,3)12-18-8-10-19(11-9-18)15(20)13-6-4-5-7-14(13)17/h4-7H,8-12H2,1-3H3. The Hall–Kier alpha value is -0.870. The lowest BCUT2D eigenvalue weighted by atomic mass is 9.96. The molecule has 0 unspecified atom stereocenters. The van der Waals surface area contributed by atoms with Crippen molar-refractivity contribution in [1.82, 2.24) is 9.80 Å². The van der Waals surface area contributed by atoms with Crippen molar-refractivity contribution in [2.24, 2.45) is 5.41 Å². The Morgan fingerprint density at radius 3 is 2.30 bits per heavy atom. The molecule has 0 bridgehead atoms. The zero-order valence-electron chi connectivity index (χ0n) is 12.5. The van der Waals surface area contributed by atoms with Crippen molar-refractivity contribution in [3.05, 3.63) is 34.3 Å². The average molecular weight is 339 g/mol. The van der Waals surface area contributed by atoms with Crippen LogP contribution in [0.25, 0.3) is 0 Å². The topological polar surface area (TPSA) is 23.6 Å². The van der Waals surface area contributed by atoms with Crippen molar-refractivity contribution in [2.45, 2.75) is 20.8 Å². The van der Waals surface area contributed by atoms with E-state index >= 15 is 0 Å². The summed E-state index contributed by atoms with van der Waals surface area (Å²) in [6.07, 6.45) is 0. The summed E-state index contributed by atoms with van der Waals surface area (Å²) in [6, 6.07) is 7.65. The second-order valence-electron chi connectivity index (χ2n) is 6.61. The Kier molecular flexibility index (Phi) is 4.86. The van der Waals surface area contributed by atoms with Gasteiger partial charge in [-0.25, -0.2) is 0 Å². The van der Waals surface area contributed by atoms with Gasteiger partial charge in [0.2, 0.25) is 0 Å². The van der Waals surface area contributed by atoms with Gasteiger partial charge < -0.3 is 4.90 Å². The number of carbonyl (C=O) groups is 1. The van der Waals surface area contributed by atoms with E-state index in [2.05, 4.69) is 41.6 Å². The Labute approximate surface area is 130 Å². The minimum absolute atomic E-state index is 0.132. The van der Waals surface area contributed by atoms with Gasteiger partial charge >= 0.3 is 0 Å². The number of rotatable bonds is 2. The molecule has 1 aliphatic rings. The van der Waals surface area contributed by atoms with E-state index < -0.39 is 0 Å². The first-order chi connectivity index (χ1) is 9.37. The zero-order valence-corrected chi connectivity index (χ0v) is 14.1. The summed E-state index contributed by atoms with van der Waals surface area (Å²) < 4.78 is 0.877. The van der Waals surface area contributed by atoms with Gasteiger partial charge in [0.05, 0.1) is 5.56 Å². The largest absolute Gasteiger partial charge is 0.336 e. The summed E-state index contributed by atoms with van der Waals surface area (Å²) in [5.74, 6) is 0.132. The molecule has 0 aliphatic carbocycles. The van der Waals surface area contributed by atoms with Crippen LogP contribution in [0.15, 0.2) is 28.7 Å². The van der Waals surface area contributed by atoms with E-state index in [9.17, 15) is 4.79 Å². The summed E-state index contributed by atoms with van der Waals surface area (Å²) in [5, 5.41) is 0. The molecule has 4 heteroatoms. The SMILES string of the molecule is CC(C)(C)CN1CCN(C(=O)c2ccccc2Br)CC1. The molecule has 20 heavy (non-hydrogen) atoms. The van der Waals surface area contributed by atoms with Gasteiger partial charge in [-0.15, -0.1) is 0 Å². The molecule has 2 rings (SSSR count). The predicted molar refractivity (Wildman–Crippen MR) is 85.9 cm³/mol. The maximum Gasteiger partial charge on any atom is 0.255 e. The van der Waals surface area contributed by atoms with Gasteiger partial charge in [0.25, 0.3) is 5.91 Å². The molecule has 0 radical (unpaired) electrons. The third-order valence-corrected chi connectivity index (χ3v) is 4.15. The third-order valence-electron chi connectivity index (χ3n) is 3.46. The highest BCUT2D eigenvalue weighted by atomic mass is 79.9. The van der Waals surface area contributed by atoms with Crippen LogP contribution in [-0.4, -0.2) is 48.4 Å². The van der Waals surface area contributed by atoms with Gasteiger partial charge in [0.15, 0.2) is 0 Å². The van der Waals surface area contributed by atoms with E-state index in [1.54, 1.807) is 0 Å². The minimum Gasteiger partial charge on any atom is -0.336 e. The van der Waals surface area contributed by atoms with Crippen LogP contribution >= 0.6 is 15.9 Å². The van der Waals surface area contributed by atoms with Crippen LogP contribution in [0, 0.1) is 5.41 Å². The van der Waals surface area contributed by atoms with Gasteiger partial charge in [-0.1, -0.05) is 32.9 Å². The minimum atomic E-state index is 0.132. The molecule has 1 saturated heterocycles. The van der Waals surface area contributed by atoms with Gasteiger partial charge in [-0.2, -0.15) is 0 Å². The summed E-state index contributed by atoms with van der Waals surface area (Å²) in [7, 11) is 0. The van der Waals surface area contributed by atoms with Crippen LogP contribution in [0.1, 0.15) is 31.1 Å². The molecule has 3 nitrogen and oxygen atoms in total. The Bertz CT molecular complexity index is 474. The lowest BCUT2D eigenvalue weighted by Gasteiger charge is -2.37. The van der Waals surface area contributed by atoms with E-state index in [1.807, 2.05) is 29.2 Å². The molecule has 0 aromatic heterocycles. The number of amides is 1. The zero-order chi connectivity index (χ0) is 14.8. The molecule has 1 amide bonds. The molecule has 1 aliphatic heterocycles. The van der Waals surface area contributed by atoms with Crippen molar-refractivity contribution in [1.29, 1.82) is 0 Å². The number of halogens is 1. The van der Waals surface area contributed by atoms with Gasteiger partial charge in [-0.3, -0.25) is 9.69 Å². The molecule has 1 heterocycles. The molecule has 0 atom stereocenters. The molecule has 1 aromatic rings. The molecule has 1 aromatic carbocycles. The van der Waals surface area contributed by atoms with Crippen molar-refractivity contribution in [3.63, 3.8) is 0 Å². The van der Waals surface area contributed by atoms with E-state index in [1.165, 1.54) is 0 Å². The first kappa shape index (κ1) is 15.5. The number of hydrogen-bond donors (Lipinski definition) is 0. The van der Waals surface area contributed by atoms with E-state index in [-0.39, 0.29) is 5.91 Å². The van der Waals surface area contributed by atoms with Crippen molar-refractivity contribution in [2.75, 3.05) is 32.7 Å². The summed E-state index contributed by atoms with van der Waals surface area (Å²) in [4.78, 5) is 16.9. The van der Waals surface area contributed by atoms with Gasteiger partial charge in [0, 0.05) is 37.2 Å². The molecular formula is C16H23BrN2O. The van der Waals surface area contributed by atoms with Crippen LogP contribution in [-0.2, 0) is 0 Å². The lowest BCUT2D eigenvalue weighted by molar-refractivity contribution is 0.0591. The maximum absolute atomic E-state index is 12.5. The number of nitrogens with zero attached hydrogens (tertiary/aromatic N) is 2. The summed E-state index contributed by atoms with van der Waals surface area (Å²) >= 11 is 3.46. The van der Waals surface area contributed by atoms with Crippen molar-refractivity contribution >= 4 is 21.8 Å². The number of piperazine rings is 1. The van der Waals surface area contributed by atoms with E-state index in [0.717, 1.165) is 42.8 Å². The van der Waals surface area contributed by atoms with Crippen molar-refractivity contribution < 1.29 is 4.79 Å². The van der Waals surface area contributed by atoms with Crippen molar-refractivity contribution in [3.8, 4) is 0 Å². The lowest BCUT2D eigenvalue weighted by Crippen LogP contribution is -2.50. The quantitative estimate of drug-likeness (QED) is 0.826.